The van der Waals surface area contributed by atoms with E-state index in [1.165, 1.54) is 19.3 Å². The number of nitro groups is 1. The van der Waals surface area contributed by atoms with Gasteiger partial charge >= 0.3 is 0 Å². The molecule has 1 aliphatic rings. The van der Waals surface area contributed by atoms with Gasteiger partial charge in [0.05, 0.1) is 13.5 Å². The summed E-state index contributed by atoms with van der Waals surface area (Å²) in [5.41, 5.74) is 3.98. The van der Waals surface area contributed by atoms with Crippen LogP contribution in [0.15, 0.2) is 24.0 Å². The zero-order chi connectivity index (χ0) is 9.19. The van der Waals surface area contributed by atoms with Gasteiger partial charge in [0, 0.05) is 11.0 Å². The van der Waals surface area contributed by atoms with Gasteiger partial charge in [-0.05, 0) is 12.2 Å². The predicted octanol–water partition coefficient (Wildman–Crippen LogP) is 0.408. The first-order chi connectivity index (χ1) is 5.58. The van der Waals surface area contributed by atoms with Gasteiger partial charge in [0.2, 0.25) is 0 Å². The lowest BCUT2D eigenvalue weighted by atomic mass is 10.0. The minimum absolute atomic E-state index is 0.166. The molecule has 2 N–H and O–H groups in total. The van der Waals surface area contributed by atoms with Crippen molar-refractivity contribution in [1.29, 1.82) is 0 Å². The van der Waals surface area contributed by atoms with Crippen LogP contribution in [0.2, 0.25) is 0 Å². The first-order valence-corrected chi connectivity index (χ1v) is 3.45. The molecular weight excluding hydrogens is 160 g/mol. The smallest absolute Gasteiger partial charge is 0.295 e. The molecule has 5 nitrogen and oxygen atoms in total. The molecule has 0 heterocycles. The summed E-state index contributed by atoms with van der Waals surface area (Å²) in [4.78, 5) is 9.92. The number of nitrogens with two attached hydrogens (primary N) is 1. The molecule has 0 amide bonds. The first-order valence-electron chi connectivity index (χ1n) is 3.45. The lowest BCUT2D eigenvalue weighted by molar-refractivity contribution is -0.553. The summed E-state index contributed by atoms with van der Waals surface area (Å²) in [6.45, 7) is 0. The third kappa shape index (κ3) is 1.45. The number of allylic oxidation sites excluding steroid dienone is 1. The van der Waals surface area contributed by atoms with E-state index in [-0.39, 0.29) is 6.42 Å². The van der Waals surface area contributed by atoms with E-state index in [1.54, 1.807) is 6.08 Å². The second kappa shape index (κ2) is 2.94. The zero-order valence-corrected chi connectivity index (χ0v) is 6.69. The molecule has 0 bridgehead atoms. The highest BCUT2D eigenvalue weighted by Gasteiger charge is 2.35. The lowest BCUT2D eigenvalue weighted by Gasteiger charge is -2.18. The molecule has 0 spiro atoms. The Hall–Kier alpha value is -1.36. The Morgan fingerprint density at radius 1 is 1.83 bits per heavy atom. The Kier molecular flexibility index (Phi) is 2.14. The molecule has 0 fully saturated rings. The zero-order valence-electron chi connectivity index (χ0n) is 6.69. The molecule has 0 radical (unpaired) electrons. The average molecular weight is 170 g/mol. The first kappa shape index (κ1) is 8.73. The third-order valence-electron chi connectivity index (χ3n) is 1.74. The molecule has 1 unspecified atom stereocenters. The number of nitrogens with zero attached hydrogens (tertiary/aromatic N) is 1. The fourth-order valence-electron chi connectivity index (χ4n) is 0.913. The molecule has 0 aliphatic heterocycles. The van der Waals surface area contributed by atoms with Gasteiger partial charge in [0.25, 0.3) is 5.66 Å². The van der Waals surface area contributed by atoms with Crippen LogP contribution in [0, 0.1) is 10.1 Å². The van der Waals surface area contributed by atoms with Crippen molar-refractivity contribution in [3.8, 4) is 0 Å². The van der Waals surface area contributed by atoms with Crippen LogP contribution < -0.4 is 5.73 Å². The Bertz CT molecular complexity index is 259. The van der Waals surface area contributed by atoms with Gasteiger partial charge in [-0.15, -0.1) is 0 Å². The Labute approximate surface area is 69.7 Å². The number of methoxy groups -OCH3 is 1. The largest absolute Gasteiger partial charge is 0.497 e. The van der Waals surface area contributed by atoms with Crippen LogP contribution in [0.1, 0.15) is 6.42 Å². The highest BCUT2D eigenvalue weighted by Crippen LogP contribution is 2.18. The number of hydrogen-bond acceptors (Lipinski definition) is 4. The molecule has 12 heavy (non-hydrogen) atoms. The fourth-order valence-corrected chi connectivity index (χ4v) is 0.913. The van der Waals surface area contributed by atoms with Crippen LogP contribution >= 0.6 is 0 Å². The van der Waals surface area contributed by atoms with Gasteiger partial charge in [-0.2, -0.15) is 0 Å². The summed E-state index contributed by atoms with van der Waals surface area (Å²) in [5.74, 6) is 0.609. The van der Waals surface area contributed by atoms with Crippen molar-refractivity contribution in [3.05, 3.63) is 34.1 Å². The van der Waals surface area contributed by atoms with Crippen molar-refractivity contribution < 1.29 is 9.66 Å². The van der Waals surface area contributed by atoms with Crippen molar-refractivity contribution in [2.24, 2.45) is 5.73 Å². The standard InChI is InChI=1S/C7H10N2O3/c1-12-6-2-4-7(8,5-3-6)9(10)11/h2-4H,5,8H2,1H3. The normalized spacial score (nSPS) is 28.0. The SMILES string of the molecule is COC1=CCC(N)([N+](=O)[O-])C=C1. The summed E-state index contributed by atoms with van der Waals surface area (Å²) in [5, 5.41) is 10.4. The quantitative estimate of drug-likeness (QED) is 0.370. The van der Waals surface area contributed by atoms with E-state index >= 15 is 0 Å². The van der Waals surface area contributed by atoms with Gasteiger partial charge in [-0.1, -0.05) is 0 Å². The summed E-state index contributed by atoms with van der Waals surface area (Å²) in [6, 6.07) is 0. The number of ether oxygens (including phenoxy) is 1. The minimum atomic E-state index is -1.46. The second-order valence-corrected chi connectivity index (χ2v) is 2.60. The van der Waals surface area contributed by atoms with E-state index in [1.807, 2.05) is 0 Å². The van der Waals surface area contributed by atoms with Gasteiger partial charge in [-0.3, -0.25) is 15.8 Å². The molecule has 0 aromatic heterocycles. The van der Waals surface area contributed by atoms with Crippen molar-refractivity contribution in [3.63, 3.8) is 0 Å². The summed E-state index contributed by atoms with van der Waals surface area (Å²) in [6.07, 6.45) is 4.61. The van der Waals surface area contributed by atoms with Crippen molar-refractivity contribution in [2.75, 3.05) is 7.11 Å². The molecule has 1 aliphatic carbocycles. The monoisotopic (exact) mass is 170 g/mol. The molecule has 0 aromatic rings. The number of rotatable bonds is 2. The molecule has 0 saturated heterocycles. The van der Waals surface area contributed by atoms with Crippen molar-refractivity contribution >= 4 is 0 Å². The highest BCUT2D eigenvalue weighted by atomic mass is 16.6. The van der Waals surface area contributed by atoms with E-state index in [0.29, 0.717) is 5.76 Å². The van der Waals surface area contributed by atoms with Crippen molar-refractivity contribution in [1.82, 2.24) is 0 Å². The van der Waals surface area contributed by atoms with Gasteiger partial charge < -0.3 is 4.74 Å². The maximum absolute atomic E-state index is 10.4. The van der Waals surface area contributed by atoms with E-state index in [0.717, 1.165) is 0 Å². The average Bonchev–Trinajstić information content (AvgIpc) is 2.06. The molecule has 0 saturated carbocycles. The summed E-state index contributed by atoms with van der Waals surface area (Å²) >= 11 is 0. The molecule has 66 valence electrons. The van der Waals surface area contributed by atoms with Crippen LogP contribution in [0.25, 0.3) is 0 Å². The molecule has 0 aromatic carbocycles. The van der Waals surface area contributed by atoms with E-state index < -0.39 is 10.6 Å². The van der Waals surface area contributed by atoms with Gasteiger partial charge in [0.1, 0.15) is 5.76 Å². The Balaban J connectivity index is 2.76. The van der Waals surface area contributed by atoms with Crippen LogP contribution in [-0.4, -0.2) is 17.7 Å². The topological polar surface area (TPSA) is 78.4 Å². The van der Waals surface area contributed by atoms with Crippen LogP contribution in [0.4, 0.5) is 0 Å². The van der Waals surface area contributed by atoms with Crippen LogP contribution in [0.5, 0.6) is 0 Å². The highest BCUT2D eigenvalue weighted by molar-refractivity contribution is 5.22. The van der Waals surface area contributed by atoms with Crippen LogP contribution in [-0.2, 0) is 4.74 Å². The molecular formula is C7H10N2O3. The summed E-state index contributed by atoms with van der Waals surface area (Å²) < 4.78 is 4.86. The predicted molar refractivity (Wildman–Crippen MR) is 42.8 cm³/mol. The number of hydrogen-bond donors (Lipinski definition) is 1. The second-order valence-electron chi connectivity index (χ2n) is 2.60. The molecule has 1 rings (SSSR count). The van der Waals surface area contributed by atoms with Gasteiger partial charge in [0.15, 0.2) is 0 Å². The molecule has 1 atom stereocenters. The van der Waals surface area contributed by atoms with E-state index in [2.05, 4.69) is 0 Å². The third-order valence-corrected chi connectivity index (χ3v) is 1.74. The maximum Gasteiger partial charge on any atom is 0.295 e. The summed E-state index contributed by atoms with van der Waals surface area (Å²) in [7, 11) is 1.51. The van der Waals surface area contributed by atoms with E-state index in [4.69, 9.17) is 10.5 Å². The lowest BCUT2D eigenvalue weighted by Crippen LogP contribution is -2.46. The minimum Gasteiger partial charge on any atom is -0.497 e. The Morgan fingerprint density at radius 3 is 2.83 bits per heavy atom. The van der Waals surface area contributed by atoms with Gasteiger partial charge in [-0.25, -0.2) is 0 Å². The van der Waals surface area contributed by atoms with Crippen LogP contribution in [0.3, 0.4) is 0 Å². The maximum atomic E-state index is 10.4. The van der Waals surface area contributed by atoms with Crippen molar-refractivity contribution in [2.45, 2.75) is 12.1 Å². The van der Waals surface area contributed by atoms with E-state index in [9.17, 15) is 10.1 Å². The Morgan fingerprint density at radius 2 is 2.50 bits per heavy atom. The molecule has 5 heteroatoms. The fraction of sp³-hybridized carbons (Fsp3) is 0.429.